The fourth-order valence-electron chi connectivity index (χ4n) is 2.08. The van der Waals surface area contributed by atoms with Gasteiger partial charge in [0, 0.05) is 29.4 Å². The summed E-state index contributed by atoms with van der Waals surface area (Å²) in [5.41, 5.74) is 1.90. The third-order valence-electron chi connectivity index (χ3n) is 3.15. The number of aromatic nitrogens is 2. The van der Waals surface area contributed by atoms with Gasteiger partial charge in [0.15, 0.2) is 0 Å². The van der Waals surface area contributed by atoms with E-state index in [1.54, 1.807) is 6.07 Å². The first kappa shape index (κ1) is 15.0. The molecule has 1 heterocycles. The smallest absolute Gasteiger partial charge is 0.0928 e. The van der Waals surface area contributed by atoms with Crippen LogP contribution in [0.1, 0.15) is 24.2 Å². The molecule has 108 valence electrons. The SMILES string of the molecule is Cc1cnn(C[C@@H](C)NC[C@@H](O)c2ccccc2Cl)c1. The number of aryl methyl sites for hydroxylation is 1. The summed E-state index contributed by atoms with van der Waals surface area (Å²) in [5.74, 6) is 0. The molecule has 0 fully saturated rings. The van der Waals surface area contributed by atoms with Crippen LogP contribution in [0.15, 0.2) is 36.7 Å². The van der Waals surface area contributed by atoms with Crippen LogP contribution < -0.4 is 5.32 Å². The average molecular weight is 294 g/mol. The van der Waals surface area contributed by atoms with Gasteiger partial charge in [0.05, 0.1) is 18.8 Å². The molecule has 1 aromatic carbocycles. The van der Waals surface area contributed by atoms with E-state index >= 15 is 0 Å². The molecule has 0 bridgehead atoms. The maximum atomic E-state index is 10.2. The normalized spacial score (nSPS) is 14.2. The third-order valence-corrected chi connectivity index (χ3v) is 3.49. The van der Waals surface area contributed by atoms with Gasteiger partial charge >= 0.3 is 0 Å². The van der Waals surface area contributed by atoms with Gasteiger partial charge in [-0.3, -0.25) is 4.68 Å². The lowest BCUT2D eigenvalue weighted by Crippen LogP contribution is -2.34. The first-order valence-electron chi connectivity index (χ1n) is 6.71. The van der Waals surface area contributed by atoms with Crippen LogP contribution in [-0.2, 0) is 6.54 Å². The highest BCUT2D eigenvalue weighted by Crippen LogP contribution is 2.21. The maximum absolute atomic E-state index is 10.2. The fourth-order valence-corrected chi connectivity index (χ4v) is 2.34. The molecule has 0 spiro atoms. The van der Waals surface area contributed by atoms with Gasteiger partial charge in [-0.05, 0) is 25.5 Å². The molecule has 0 aliphatic carbocycles. The second kappa shape index (κ2) is 6.88. The molecular formula is C15H20ClN3O. The molecule has 0 saturated carbocycles. The topological polar surface area (TPSA) is 50.1 Å². The van der Waals surface area contributed by atoms with Crippen molar-refractivity contribution in [2.75, 3.05) is 6.54 Å². The van der Waals surface area contributed by atoms with Gasteiger partial charge in [0.1, 0.15) is 0 Å². The zero-order valence-corrected chi connectivity index (χ0v) is 12.5. The van der Waals surface area contributed by atoms with Gasteiger partial charge in [0.2, 0.25) is 0 Å². The van der Waals surface area contributed by atoms with Gasteiger partial charge < -0.3 is 10.4 Å². The van der Waals surface area contributed by atoms with Crippen molar-refractivity contribution in [2.24, 2.45) is 0 Å². The minimum atomic E-state index is -0.606. The summed E-state index contributed by atoms with van der Waals surface area (Å²) in [7, 11) is 0. The minimum absolute atomic E-state index is 0.214. The lowest BCUT2D eigenvalue weighted by Gasteiger charge is -2.18. The average Bonchev–Trinajstić information content (AvgIpc) is 2.82. The zero-order chi connectivity index (χ0) is 14.5. The Labute approximate surface area is 124 Å². The Morgan fingerprint density at radius 2 is 2.15 bits per heavy atom. The lowest BCUT2D eigenvalue weighted by molar-refractivity contribution is 0.169. The molecule has 4 nitrogen and oxygen atoms in total. The maximum Gasteiger partial charge on any atom is 0.0928 e. The molecule has 5 heteroatoms. The monoisotopic (exact) mass is 293 g/mol. The Morgan fingerprint density at radius 3 is 2.80 bits per heavy atom. The fraction of sp³-hybridized carbons (Fsp3) is 0.400. The van der Waals surface area contributed by atoms with Crippen LogP contribution >= 0.6 is 11.6 Å². The first-order valence-corrected chi connectivity index (χ1v) is 7.09. The van der Waals surface area contributed by atoms with Gasteiger partial charge in [-0.15, -0.1) is 0 Å². The van der Waals surface area contributed by atoms with E-state index in [4.69, 9.17) is 11.6 Å². The van der Waals surface area contributed by atoms with Crippen molar-refractivity contribution in [3.05, 3.63) is 52.8 Å². The summed E-state index contributed by atoms with van der Waals surface area (Å²) in [5, 5.41) is 18.3. The number of halogens is 1. The van der Waals surface area contributed by atoms with Crippen molar-refractivity contribution < 1.29 is 5.11 Å². The third kappa shape index (κ3) is 4.07. The van der Waals surface area contributed by atoms with Crippen LogP contribution in [0, 0.1) is 6.92 Å². The van der Waals surface area contributed by atoms with E-state index in [1.165, 1.54) is 0 Å². The molecule has 0 saturated heterocycles. The predicted octanol–water partition coefficient (Wildman–Crippen LogP) is 2.56. The molecule has 2 atom stereocenters. The van der Waals surface area contributed by atoms with E-state index in [1.807, 2.05) is 42.2 Å². The Morgan fingerprint density at radius 1 is 1.40 bits per heavy atom. The quantitative estimate of drug-likeness (QED) is 0.860. The van der Waals surface area contributed by atoms with Crippen LogP contribution in [0.25, 0.3) is 0 Å². The summed E-state index contributed by atoms with van der Waals surface area (Å²) in [6.07, 6.45) is 3.24. The number of aliphatic hydroxyl groups is 1. The minimum Gasteiger partial charge on any atom is -0.387 e. The van der Waals surface area contributed by atoms with Crippen molar-refractivity contribution in [1.29, 1.82) is 0 Å². The van der Waals surface area contributed by atoms with Crippen LogP contribution in [0.2, 0.25) is 5.02 Å². The summed E-state index contributed by atoms with van der Waals surface area (Å²) in [6, 6.07) is 7.58. The second-order valence-electron chi connectivity index (χ2n) is 5.09. The van der Waals surface area contributed by atoms with E-state index in [-0.39, 0.29) is 6.04 Å². The van der Waals surface area contributed by atoms with Gasteiger partial charge in [0.25, 0.3) is 0 Å². The Bertz CT molecular complexity index is 556. The van der Waals surface area contributed by atoms with Crippen LogP contribution in [0.3, 0.4) is 0 Å². The molecule has 0 amide bonds. The summed E-state index contributed by atoms with van der Waals surface area (Å²) in [4.78, 5) is 0. The Hall–Kier alpha value is -1.36. The number of rotatable bonds is 6. The standard InChI is InChI=1S/C15H20ClN3O/c1-11-7-18-19(9-11)10-12(2)17-8-15(20)13-5-3-4-6-14(13)16/h3-7,9,12,15,17,20H,8,10H2,1-2H3/t12-,15-/m1/s1. The number of benzene rings is 1. The molecular weight excluding hydrogens is 274 g/mol. The van der Waals surface area contributed by atoms with E-state index in [0.717, 1.165) is 17.7 Å². The number of hydrogen-bond acceptors (Lipinski definition) is 3. The first-order chi connectivity index (χ1) is 9.56. The Balaban J connectivity index is 1.84. The van der Waals surface area contributed by atoms with Crippen molar-refractivity contribution in [3.63, 3.8) is 0 Å². The highest BCUT2D eigenvalue weighted by atomic mass is 35.5. The van der Waals surface area contributed by atoms with Crippen molar-refractivity contribution in [1.82, 2.24) is 15.1 Å². The van der Waals surface area contributed by atoms with Crippen molar-refractivity contribution >= 4 is 11.6 Å². The van der Waals surface area contributed by atoms with Crippen LogP contribution in [0.5, 0.6) is 0 Å². The predicted molar refractivity (Wildman–Crippen MR) is 80.8 cm³/mol. The molecule has 20 heavy (non-hydrogen) atoms. The number of hydrogen-bond donors (Lipinski definition) is 2. The van der Waals surface area contributed by atoms with Gasteiger partial charge in [-0.1, -0.05) is 29.8 Å². The molecule has 2 N–H and O–H groups in total. The summed E-state index contributed by atoms with van der Waals surface area (Å²) in [6.45, 7) is 5.31. The van der Waals surface area contributed by atoms with E-state index in [9.17, 15) is 5.11 Å². The number of nitrogens with zero attached hydrogens (tertiary/aromatic N) is 2. The van der Waals surface area contributed by atoms with Gasteiger partial charge in [-0.2, -0.15) is 5.10 Å². The molecule has 0 unspecified atom stereocenters. The highest BCUT2D eigenvalue weighted by molar-refractivity contribution is 6.31. The second-order valence-corrected chi connectivity index (χ2v) is 5.49. The largest absolute Gasteiger partial charge is 0.387 e. The van der Waals surface area contributed by atoms with E-state index in [2.05, 4.69) is 17.3 Å². The number of aliphatic hydroxyl groups excluding tert-OH is 1. The van der Waals surface area contributed by atoms with E-state index in [0.29, 0.717) is 11.6 Å². The lowest BCUT2D eigenvalue weighted by atomic mass is 10.1. The Kier molecular flexibility index (Phi) is 5.17. The number of nitrogens with one attached hydrogen (secondary N) is 1. The molecule has 1 aromatic heterocycles. The highest BCUT2D eigenvalue weighted by Gasteiger charge is 2.12. The summed E-state index contributed by atoms with van der Waals surface area (Å²) < 4.78 is 1.90. The van der Waals surface area contributed by atoms with Crippen molar-refractivity contribution in [2.45, 2.75) is 32.5 Å². The van der Waals surface area contributed by atoms with Crippen LogP contribution in [0.4, 0.5) is 0 Å². The van der Waals surface area contributed by atoms with Gasteiger partial charge in [-0.25, -0.2) is 0 Å². The van der Waals surface area contributed by atoms with Crippen molar-refractivity contribution in [3.8, 4) is 0 Å². The molecule has 0 aliphatic heterocycles. The van der Waals surface area contributed by atoms with E-state index < -0.39 is 6.10 Å². The molecule has 0 aliphatic rings. The zero-order valence-electron chi connectivity index (χ0n) is 11.8. The molecule has 2 aromatic rings. The molecule has 0 radical (unpaired) electrons. The molecule has 2 rings (SSSR count). The van der Waals surface area contributed by atoms with Crippen LogP contribution in [-0.4, -0.2) is 27.5 Å². The summed E-state index contributed by atoms with van der Waals surface area (Å²) >= 11 is 6.07.